The largest absolute Gasteiger partial charge is 0.496 e. The predicted octanol–water partition coefficient (Wildman–Crippen LogP) is 6.97. The molecule has 5 heteroatoms. The lowest BCUT2D eigenvalue weighted by atomic mass is 9.85. The van der Waals surface area contributed by atoms with E-state index in [0.717, 1.165) is 55.5 Å². The molecule has 5 rings (SSSR count). The van der Waals surface area contributed by atoms with Crippen molar-refractivity contribution in [3.63, 3.8) is 0 Å². The number of benzene rings is 4. The summed E-state index contributed by atoms with van der Waals surface area (Å²) in [6.45, 7) is 0. The normalized spacial score (nSPS) is 13.6. The summed E-state index contributed by atoms with van der Waals surface area (Å²) in [5.41, 5.74) is 6.51. The van der Waals surface area contributed by atoms with Crippen LogP contribution in [0.2, 0.25) is 0 Å². The summed E-state index contributed by atoms with van der Waals surface area (Å²) in [6.07, 6.45) is 0.771. The van der Waals surface area contributed by atoms with Crippen LogP contribution in [0.15, 0.2) is 76.2 Å². The molecule has 0 aromatic heterocycles. The number of halogens is 1. The summed E-state index contributed by atoms with van der Waals surface area (Å²) in [5.74, 6) is 2.28. The maximum absolute atomic E-state index is 5.60. The average molecular weight is 488 g/mol. The predicted molar refractivity (Wildman–Crippen MR) is 133 cm³/mol. The highest BCUT2D eigenvalue weighted by atomic mass is 79.9. The van der Waals surface area contributed by atoms with E-state index < -0.39 is 0 Å². The maximum atomic E-state index is 5.60. The van der Waals surface area contributed by atoms with Gasteiger partial charge in [-0.1, -0.05) is 52.3 Å². The van der Waals surface area contributed by atoms with E-state index in [-0.39, 0.29) is 0 Å². The minimum Gasteiger partial charge on any atom is -0.496 e. The van der Waals surface area contributed by atoms with E-state index in [9.17, 15) is 0 Å². The first-order valence-corrected chi connectivity index (χ1v) is 11.1. The van der Waals surface area contributed by atoms with Crippen LogP contribution in [0, 0.1) is 0 Å². The van der Waals surface area contributed by atoms with E-state index in [1.54, 1.807) is 21.3 Å². The van der Waals surface area contributed by atoms with E-state index in [4.69, 9.17) is 19.2 Å². The second-order valence-electron chi connectivity index (χ2n) is 7.59. The minimum absolute atomic E-state index is 0.684. The Kier molecular flexibility index (Phi) is 5.35. The lowest BCUT2D eigenvalue weighted by Crippen LogP contribution is -2.21. The number of hydrogen-bond acceptors (Lipinski definition) is 4. The van der Waals surface area contributed by atoms with Crippen LogP contribution >= 0.6 is 15.9 Å². The zero-order valence-corrected chi connectivity index (χ0v) is 19.7. The van der Waals surface area contributed by atoms with Gasteiger partial charge < -0.3 is 14.2 Å². The second kappa shape index (κ2) is 8.32. The molecule has 32 heavy (non-hydrogen) atoms. The summed E-state index contributed by atoms with van der Waals surface area (Å²) in [5, 5.41) is 2.09. The van der Waals surface area contributed by atoms with Gasteiger partial charge in [0.25, 0.3) is 0 Å². The molecule has 0 saturated carbocycles. The number of aliphatic imine (C=N–C) groups is 1. The third-order valence-electron chi connectivity index (χ3n) is 5.91. The number of methoxy groups -OCH3 is 3. The highest BCUT2D eigenvalue weighted by Crippen LogP contribution is 2.43. The first-order valence-electron chi connectivity index (χ1n) is 10.3. The van der Waals surface area contributed by atoms with Crippen LogP contribution in [0.4, 0.5) is 5.69 Å². The van der Waals surface area contributed by atoms with Crippen LogP contribution in [-0.2, 0) is 6.42 Å². The van der Waals surface area contributed by atoms with Gasteiger partial charge in [0.1, 0.15) is 5.75 Å². The highest BCUT2D eigenvalue weighted by Gasteiger charge is 2.28. The van der Waals surface area contributed by atoms with Gasteiger partial charge in [0, 0.05) is 27.4 Å². The molecule has 1 aliphatic rings. The molecule has 0 saturated heterocycles. The molecule has 0 unspecified atom stereocenters. The molecule has 0 fully saturated rings. The molecule has 0 bridgehead atoms. The number of hydrogen-bond donors (Lipinski definition) is 0. The first kappa shape index (κ1) is 20.6. The lowest BCUT2D eigenvalue weighted by molar-refractivity contribution is 0.356. The van der Waals surface area contributed by atoms with Crippen molar-refractivity contribution in [1.29, 1.82) is 0 Å². The molecule has 1 aliphatic carbocycles. The Morgan fingerprint density at radius 3 is 2.12 bits per heavy atom. The molecule has 160 valence electrons. The standard InChI is InChI=1S/C27H22BrNO3/c1-30-24-12-10-21(28)27-20(24)13-23(27)29-22-11-9-17(16-7-5-4-6-8-16)18-14-25(31-2)26(32-3)15-19(18)22/h4-12,14-15H,13H2,1-3H3. The number of nitrogens with zero attached hydrogens (tertiary/aromatic N) is 1. The summed E-state index contributed by atoms with van der Waals surface area (Å²) >= 11 is 3.68. The van der Waals surface area contributed by atoms with E-state index in [2.05, 4.69) is 40.2 Å². The van der Waals surface area contributed by atoms with Crippen LogP contribution in [0.5, 0.6) is 17.2 Å². The van der Waals surface area contributed by atoms with Gasteiger partial charge >= 0.3 is 0 Å². The van der Waals surface area contributed by atoms with E-state index in [1.165, 1.54) is 5.56 Å². The fraction of sp³-hybridized carbons (Fsp3) is 0.148. The van der Waals surface area contributed by atoms with E-state index in [1.807, 2.05) is 42.5 Å². The molecule has 0 radical (unpaired) electrons. The minimum atomic E-state index is 0.684. The molecule has 4 aromatic rings. The number of ether oxygens (including phenoxy) is 3. The van der Waals surface area contributed by atoms with Crippen molar-refractivity contribution in [3.05, 3.63) is 82.3 Å². The zero-order valence-electron chi connectivity index (χ0n) is 18.1. The molecule has 0 N–H and O–H groups in total. The van der Waals surface area contributed by atoms with Gasteiger partial charge in [-0.15, -0.1) is 0 Å². The maximum Gasteiger partial charge on any atom is 0.161 e. The topological polar surface area (TPSA) is 40.0 Å². The Morgan fingerprint density at radius 2 is 1.44 bits per heavy atom. The third-order valence-corrected chi connectivity index (χ3v) is 6.57. The quantitative estimate of drug-likeness (QED) is 0.305. The lowest BCUT2D eigenvalue weighted by Gasteiger charge is -2.25. The summed E-state index contributed by atoms with van der Waals surface area (Å²) in [7, 11) is 5.02. The molecule has 0 atom stereocenters. The van der Waals surface area contributed by atoms with Crippen molar-refractivity contribution in [2.45, 2.75) is 6.42 Å². The molecule has 0 aliphatic heterocycles. The number of rotatable bonds is 5. The van der Waals surface area contributed by atoms with E-state index in [0.29, 0.717) is 11.5 Å². The number of fused-ring (bicyclic) bond motifs is 2. The smallest absolute Gasteiger partial charge is 0.161 e. The second-order valence-corrected chi connectivity index (χ2v) is 8.44. The molecular weight excluding hydrogens is 466 g/mol. The van der Waals surface area contributed by atoms with Gasteiger partial charge in [-0.25, -0.2) is 0 Å². The fourth-order valence-corrected chi connectivity index (χ4v) is 4.89. The van der Waals surface area contributed by atoms with Crippen LogP contribution in [-0.4, -0.2) is 27.0 Å². The Morgan fingerprint density at radius 1 is 0.750 bits per heavy atom. The van der Waals surface area contributed by atoms with Gasteiger partial charge in [-0.05, 0) is 46.8 Å². The van der Waals surface area contributed by atoms with Crippen molar-refractivity contribution in [2.75, 3.05) is 21.3 Å². The summed E-state index contributed by atoms with van der Waals surface area (Å²) in [6, 6.07) is 22.6. The van der Waals surface area contributed by atoms with E-state index >= 15 is 0 Å². The van der Waals surface area contributed by atoms with Crippen molar-refractivity contribution in [1.82, 2.24) is 0 Å². The Labute approximate surface area is 195 Å². The van der Waals surface area contributed by atoms with Crippen molar-refractivity contribution >= 4 is 38.1 Å². The van der Waals surface area contributed by atoms with Crippen molar-refractivity contribution < 1.29 is 14.2 Å². The van der Waals surface area contributed by atoms with Gasteiger partial charge in [-0.2, -0.15) is 0 Å². The Bertz CT molecular complexity index is 1360. The van der Waals surface area contributed by atoms with Gasteiger partial charge in [0.15, 0.2) is 11.5 Å². The third kappa shape index (κ3) is 3.33. The van der Waals surface area contributed by atoms with Gasteiger partial charge in [0.2, 0.25) is 0 Å². The van der Waals surface area contributed by atoms with Crippen LogP contribution in [0.3, 0.4) is 0 Å². The van der Waals surface area contributed by atoms with Crippen LogP contribution in [0.1, 0.15) is 11.1 Å². The summed E-state index contributed by atoms with van der Waals surface area (Å²) in [4.78, 5) is 5.07. The van der Waals surface area contributed by atoms with Gasteiger partial charge in [-0.3, -0.25) is 4.99 Å². The SMILES string of the molecule is COc1cc2c(N=C3Cc4c(OC)ccc(Br)c43)ccc(-c3ccccc3)c2cc1OC. The Balaban J connectivity index is 1.72. The molecule has 4 aromatic carbocycles. The first-order chi connectivity index (χ1) is 15.6. The van der Waals surface area contributed by atoms with Crippen LogP contribution < -0.4 is 14.2 Å². The van der Waals surface area contributed by atoms with Gasteiger partial charge in [0.05, 0.1) is 32.7 Å². The van der Waals surface area contributed by atoms with Crippen molar-refractivity contribution in [2.24, 2.45) is 4.99 Å². The van der Waals surface area contributed by atoms with Crippen LogP contribution in [0.25, 0.3) is 21.9 Å². The molecule has 0 spiro atoms. The summed E-state index contributed by atoms with van der Waals surface area (Å²) < 4.78 is 17.7. The molecular formula is C27H22BrNO3. The molecule has 0 heterocycles. The Hall–Kier alpha value is -3.31. The average Bonchev–Trinajstić information content (AvgIpc) is 2.82. The molecule has 0 amide bonds. The monoisotopic (exact) mass is 487 g/mol. The fourth-order valence-electron chi connectivity index (χ4n) is 4.29. The zero-order chi connectivity index (χ0) is 22.2. The molecule has 4 nitrogen and oxygen atoms in total. The van der Waals surface area contributed by atoms with Crippen molar-refractivity contribution in [3.8, 4) is 28.4 Å². The highest BCUT2D eigenvalue weighted by molar-refractivity contribution is 9.10.